The fourth-order valence-electron chi connectivity index (χ4n) is 5.51. The molecule has 2 heterocycles. The summed E-state index contributed by atoms with van der Waals surface area (Å²) in [5.74, 6) is -0.00201. The summed E-state index contributed by atoms with van der Waals surface area (Å²) in [7, 11) is 0. The maximum absolute atomic E-state index is 10.1. The lowest BCUT2D eigenvalue weighted by Gasteiger charge is -2.54. The minimum atomic E-state index is -1.50. The van der Waals surface area contributed by atoms with E-state index in [1.165, 1.54) is 0 Å². The highest BCUT2D eigenvalue weighted by molar-refractivity contribution is 5.57. The Morgan fingerprint density at radius 2 is 1.68 bits per heavy atom. The van der Waals surface area contributed by atoms with Gasteiger partial charge in [-0.1, -0.05) is 19.9 Å². The van der Waals surface area contributed by atoms with Crippen molar-refractivity contribution in [3.05, 3.63) is 22.9 Å². The van der Waals surface area contributed by atoms with E-state index in [-0.39, 0.29) is 17.0 Å². The molecule has 1 saturated heterocycles. The van der Waals surface area contributed by atoms with Crippen LogP contribution >= 0.6 is 0 Å². The van der Waals surface area contributed by atoms with Crippen molar-refractivity contribution in [2.24, 2.45) is 22.5 Å². The molecular formula is C22H30N6. The zero-order valence-corrected chi connectivity index (χ0v) is 17.0. The summed E-state index contributed by atoms with van der Waals surface area (Å²) < 4.78 is 0. The molecule has 1 atom stereocenters. The molecular weight excluding hydrogens is 348 g/mol. The van der Waals surface area contributed by atoms with Crippen molar-refractivity contribution in [2.45, 2.75) is 39.5 Å². The van der Waals surface area contributed by atoms with Gasteiger partial charge >= 0.3 is 0 Å². The summed E-state index contributed by atoms with van der Waals surface area (Å²) >= 11 is 0. The van der Waals surface area contributed by atoms with E-state index >= 15 is 0 Å². The van der Waals surface area contributed by atoms with Crippen LogP contribution in [0.2, 0.25) is 0 Å². The van der Waals surface area contributed by atoms with E-state index in [4.69, 9.17) is 5.73 Å². The van der Waals surface area contributed by atoms with E-state index in [0.717, 1.165) is 70.5 Å². The van der Waals surface area contributed by atoms with E-state index in [1.807, 2.05) is 0 Å². The predicted molar refractivity (Wildman–Crippen MR) is 107 cm³/mol. The largest absolute Gasteiger partial charge is 0.399 e. The van der Waals surface area contributed by atoms with E-state index < -0.39 is 5.41 Å². The van der Waals surface area contributed by atoms with Crippen LogP contribution in [0.15, 0.2) is 22.9 Å². The Morgan fingerprint density at radius 3 is 2.21 bits per heavy atom. The van der Waals surface area contributed by atoms with Crippen molar-refractivity contribution < 1.29 is 0 Å². The van der Waals surface area contributed by atoms with Crippen molar-refractivity contribution in [1.29, 1.82) is 15.8 Å². The SMILES string of the molecule is CCCN1CCC2(CC1)C(C#N)=C(N)C(C#N)(C#N)C1=CCN(CCC)CC12. The highest BCUT2D eigenvalue weighted by atomic mass is 15.1. The summed E-state index contributed by atoms with van der Waals surface area (Å²) in [5, 5.41) is 30.0. The molecule has 1 unspecified atom stereocenters. The second kappa shape index (κ2) is 7.96. The third kappa shape index (κ3) is 2.91. The number of nitrogens with zero attached hydrogens (tertiary/aromatic N) is 5. The average molecular weight is 379 g/mol. The number of nitrogens with two attached hydrogens (primary N) is 1. The van der Waals surface area contributed by atoms with Crippen LogP contribution in [-0.4, -0.2) is 49.1 Å². The maximum atomic E-state index is 10.1. The normalized spacial score (nSPS) is 26.7. The van der Waals surface area contributed by atoms with Crippen LogP contribution in [0.5, 0.6) is 0 Å². The van der Waals surface area contributed by atoms with Gasteiger partial charge in [-0.2, -0.15) is 15.8 Å². The Kier molecular flexibility index (Phi) is 5.80. The van der Waals surface area contributed by atoms with Gasteiger partial charge in [0.05, 0.1) is 29.5 Å². The fourth-order valence-corrected chi connectivity index (χ4v) is 5.51. The summed E-state index contributed by atoms with van der Waals surface area (Å²) in [6, 6.07) is 6.72. The number of nitriles is 3. The number of allylic oxidation sites excluding steroid dienone is 2. The highest BCUT2D eigenvalue weighted by Crippen LogP contribution is 2.59. The van der Waals surface area contributed by atoms with Gasteiger partial charge in [0, 0.05) is 24.4 Å². The molecule has 1 fully saturated rings. The van der Waals surface area contributed by atoms with Gasteiger partial charge in [-0.05, 0) is 57.4 Å². The zero-order chi connectivity index (χ0) is 20.4. The topological polar surface area (TPSA) is 104 Å². The fraction of sp³-hybridized carbons (Fsp3) is 0.682. The van der Waals surface area contributed by atoms with Gasteiger partial charge in [0.25, 0.3) is 0 Å². The summed E-state index contributed by atoms with van der Waals surface area (Å²) in [6.07, 6.45) is 5.92. The lowest BCUT2D eigenvalue weighted by atomic mass is 9.51. The van der Waals surface area contributed by atoms with Crippen LogP contribution < -0.4 is 5.73 Å². The van der Waals surface area contributed by atoms with Gasteiger partial charge < -0.3 is 10.6 Å². The number of likely N-dealkylation sites (tertiary alicyclic amines) is 1. The van der Waals surface area contributed by atoms with Crippen LogP contribution in [0.1, 0.15) is 39.5 Å². The molecule has 0 saturated carbocycles. The number of piperidine rings is 1. The van der Waals surface area contributed by atoms with Gasteiger partial charge in [-0.25, -0.2) is 0 Å². The van der Waals surface area contributed by atoms with Crippen molar-refractivity contribution in [3.8, 4) is 18.2 Å². The van der Waals surface area contributed by atoms with Crippen molar-refractivity contribution in [1.82, 2.24) is 9.80 Å². The molecule has 0 radical (unpaired) electrons. The summed E-state index contributed by atoms with van der Waals surface area (Å²) in [5.41, 5.74) is 6.08. The second-order valence-electron chi connectivity index (χ2n) is 8.34. The van der Waals surface area contributed by atoms with Gasteiger partial charge in [0.2, 0.25) is 5.41 Å². The third-order valence-corrected chi connectivity index (χ3v) is 6.93. The molecule has 3 rings (SSSR count). The molecule has 2 aliphatic heterocycles. The minimum absolute atomic E-state index is 0.00201. The molecule has 3 aliphatic rings. The van der Waals surface area contributed by atoms with Crippen LogP contribution in [0, 0.1) is 50.7 Å². The minimum Gasteiger partial charge on any atom is -0.399 e. The van der Waals surface area contributed by atoms with Crippen LogP contribution in [0.3, 0.4) is 0 Å². The second-order valence-corrected chi connectivity index (χ2v) is 8.34. The van der Waals surface area contributed by atoms with E-state index in [1.54, 1.807) is 0 Å². The molecule has 1 spiro atoms. The molecule has 1 aliphatic carbocycles. The Morgan fingerprint density at radius 1 is 1.07 bits per heavy atom. The molecule has 0 aromatic heterocycles. The molecule has 0 aromatic rings. The summed E-state index contributed by atoms with van der Waals surface area (Å²) in [6.45, 7) is 9.76. The van der Waals surface area contributed by atoms with E-state index in [9.17, 15) is 15.8 Å². The van der Waals surface area contributed by atoms with Crippen molar-refractivity contribution in [3.63, 3.8) is 0 Å². The van der Waals surface area contributed by atoms with Crippen LogP contribution in [0.4, 0.5) is 0 Å². The molecule has 0 bridgehead atoms. The number of rotatable bonds is 4. The molecule has 148 valence electrons. The standard InChI is InChI=1S/C22H30N6/c1-3-8-27-11-6-21(7-12-27)18(13-23)20(26)22(15-24,16-25)17-5-10-28(9-4-2)14-19(17)21/h5,19H,3-4,6-12,14,26H2,1-2H3. The maximum Gasteiger partial charge on any atom is 0.204 e. The first kappa shape index (κ1) is 20.4. The highest BCUT2D eigenvalue weighted by Gasteiger charge is 2.59. The van der Waals surface area contributed by atoms with Gasteiger partial charge in [0.15, 0.2) is 0 Å². The Hall–Kier alpha value is -2.33. The number of hydrogen-bond donors (Lipinski definition) is 1. The molecule has 0 amide bonds. The number of fused-ring (bicyclic) bond motifs is 2. The molecule has 28 heavy (non-hydrogen) atoms. The molecule has 0 aromatic carbocycles. The first-order chi connectivity index (χ1) is 13.5. The van der Waals surface area contributed by atoms with Crippen molar-refractivity contribution >= 4 is 0 Å². The molecule has 6 heteroatoms. The predicted octanol–water partition coefficient (Wildman–Crippen LogP) is 2.53. The average Bonchev–Trinajstić information content (AvgIpc) is 2.72. The van der Waals surface area contributed by atoms with Crippen molar-refractivity contribution in [2.75, 3.05) is 39.3 Å². The van der Waals surface area contributed by atoms with Gasteiger partial charge in [-0.15, -0.1) is 0 Å². The van der Waals surface area contributed by atoms with Crippen LogP contribution in [0.25, 0.3) is 0 Å². The van der Waals surface area contributed by atoms with Gasteiger partial charge in [-0.3, -0.25) is 4.90 Å². The summed E-state index contributed by atoms with van der Waals surface area (Å²) in [4.78, 5) is 4.83. The molecule has 6 nitrogen and oxygen atoms in total. The lowest BCUT2D eigenvalue weighted by molar-refractivity contribution is 0.0592. The van der Waals surface area contributed by atoms with E-state index in [2.05, 4.69) is 47.9 Å². The Labute approximate surface area is 168 Å². The quantitative estimate of drug-likeness (QED) is 0.754. The Bertz CT molecular complexity index is 780. The monoisotopic (exact) mass is 378 g/mol. The molecule has 2 N–H and O–H groups in total. The lowest BCUT2D eigenvalue weighted by Crippen LogP contribution is -2.56. The first-order valence-corrected chi connectivity index (χ1v) is 10.4. The Balaban J connectivity index is 2.13. The first-order valence-electron chi connectivity index (χ1n) is 10.4. The zero-order valence-electron chi connectivity index (χ0n) is 17.0. The third-order valence-electron chi connectivity index (χ3n) is 6.93. The number of hydrogen-bond acceptors (Lipinski definition) is 6. The smallest absolute Gasteiger partial charge is 0.204 e. The van der Waals surface area contributed by atoms with Gasteiger partial charge in [0.1, 0.15) is 0 Å². The van der Waals surface area contributed by atoms with E-state index in [0.29, 0.717) is 5.57 Å². The van der Waals surface area contributed by atoms with Crippen LogP contribution in [-0.2, 0) is 0 Å².